The van der Waals surface area contributed by atoms with Gasteiger partial charge in [0, 0.05) is 22.2 Å². The first-order chi connectivity index (χ1) is 16.9. The molecule has 2 amide bonds. The minimum atomic E-state index is -5.08. The quantitative estimate of drug-likeness (QED) is 0.240. The fourth-order valence-electron chi connectivity index (χ4n) is 2.84. The van der Waals surface area contributed by atoms with Crippen molar-refractivity contribution in [2.75, 3.05) is 6.54 Å². The lowest BCUT2D eigenvalue weighted by molar-refractivity contribution is -0.192. The number of hydrogen-bond donors (Lipinski definition) is 5. The molecule has 1 atom stereocenters. The topological polar surface area (TPSA) is 158 Å². The van der Waals surface area contributed by atoms with Crippen molar-refractivity contribution in [1.29, 1.82) is 0 Å². The van der Waals surface area contributed by atoms with Gasteiger partial charge >= 0.3 is 12.1 Å². The first-order valence-electron chi connectivity index (χ1n) is 10.2. The van der Waals surface area contributed by atoms with E-state index in [0.29, 0.717) is 17.9 Å². The number of ether oxygens (including phenoxy) is 1. The number of alkyl halides is 3. The highest BCUT2D eigenvalue weighted by Crippen LogP contribution is 2.21. The van der Waals surface area contributed by atoms with Crippen LogP contribution in [0.1, 0.15) is 21.6 Å². The molecule has 0 bridgehead atoms. The Morgan fingerprint density at radius 2 is 1.69 bits per heavy atom. The van der Waals surface area contributed by atoms with Gasteiger partial charge in [0.2, 0.25) is 0 Å². The molecule has 1 aromatic heterocycles. The number of aryl methyl sites for hydroxylation is 1. The number of rotatable bonds is 7. The molecular weight excluding hydrogens is 487 g/mol. The Morgan fingerprint density at radius 3 is 2.28 bits per heavy atom. The van der Waals surface area contributed by atoms with E-state index in [0.717, 1.165) is 22.2 Å². The Labute approximate surface area is 202 Å². The number of carbonyl (C=O) groups is 3. The zero-order chi connectivity index (χ0) is 26.9. The van der Waals surface area contributed by atoms with Gasteiger partial charge in [-0.25, -0.2) is 10.3 Å². The van der Waals surface area contributed by atoms with Gasteiger partial charge in [0.1, 0.15) is 12.4 Å². The molecule has 0 fully saturated rings. The number of nitrogens with zero attached hydrogens (tertiary/aromatic N) is 1. The van der Waals surface area contributed by atoms with Crippen molar-refractivity contribution in [2.45, 2.75) is 25.8 Å². The van der Waals surface area contributed by atoms with Gasteiger partial charge in [0.25, 0.3) is 11.8 Å². The van der Waals surface area contributed by atoms with Gasteiger partial charge in [-0.15, -0.1) is 0 Å². The smallest absolute Gasteiger partial charge is 0.489 e. The van der Waals surface area contributed by atoms with E-state index in [4.69, 9.17) is 19.8 Å². The third kappa shape index (κ3) is 8.21. The SMILES string of the molecule is Cc1cc(COc2ccc(C(=O)NC[C@H](O)C(=O)NO)cc2)c2ccccc2n1.O=C(O)C(F)(F)F. The van der Waals surface area contributed by atoms with Crippen LogP contribution in [0.5, 0.6) is 5.75 Å². The molecule has 0 unspecified atom stereocenters. The number of fused-ring (bicyclic) bond motifs is 1. The van der Waals surface area contributed by atoms with E-state index >= 15 is 0 Å². The summed E-state index contributed by atoms with van der Waals surface area (Å²) in [6, 6.07) is 16.3. The molecule has 0 saturated carbocycles. The normalized spacial score (nSPS) is 11.6. The Kier molecular flexibility index (Phi) is 9.70. The van der Waals surface area contributed by atoms with Crippen molar-refractivity contribution >= 4 is 28.7 Å². The number of aliphatic carboxylic acids is 1. The predicted octanol–water partition coefficient (Wildman–Crippen LogP) is 2.35. The Hall–Kier alpha value is -4.23. The van der Waals surface area contributed by atoms with Gasteiger partial charge in [0.15, 0.2) is 6.10 Å². The van der Waals surface area contributed by atoms with E-state index in [1.54, 1.807) is 24.3 Å². The maximum absolute atomic E-state index is 12.1. The average Bonchev–Trinajstić information content (AvgIpc) is 2.85. The number of aliphatic hydroxyl groups is 1. The number of halogens is 3. The van der Waals surface area contributed by atoms with Gasteiger partial charge in [-0.1, -0.05) is 18.2 Å². The fraction of sp³-hybridized carbons (Fsp3) is 0.217. The molecule has 3 rings (SSSR count). The number of carboxylic acid groups (broad SMARTS) is 1. The summed E-state index contributed by atoms with van der Waals surface area (Å²) in [4.78, 5) is 36.5. The van der Waals surface area contributed by atoms with E-state index < -0.39 is 30.1 Å². The molecule has 0 aliphatic carbocycles. The summed E-state index contributed by atoms with van der Waals surface area (Å²) in [5, 5.41) is 28.4. The number of amides is 2. The molecule has 5 N–H and O–H groups in total. The molecule has 192 valence electrons. The Bertz CT molecular complexity index is 1220. The number of carbonyl (C=O) groups excluding carboxylic acids is 2. The first kappa shape index (κ1) is 28.0. The van der Waals surface area contributed by atoms with Crippen LogP contribution in [-0.4, -0.2) is 57.0 Å². The zero-order valence-electron chi connectivity index (χ0n) is 18.7. The summed E-state index contributed by atoms with van der Waals surface area (Å²) in [6.07, 6.45) is -6.62. The molecule has 0 radical (unpaired) electrons. The van der Waals surface area contributed by atoms with Crippen molar-refractivity contribution in [3.8, 4) is 5.75 Å². The number of pyridine rings is 1. The van der Waals surface area contributed by atoms with Gasteiger partial charge in [0.05, 0.1) is 12.1 Å². The van der Waals surface area contributed by atoms with Crippen molar-refractivity contribution in [2.24, 2.45) is 0 Å². The zero-order valence-corrected chi connectivity index (χ0v) is 18.7. The molecule has 0 aliphatic rings. The highest BCUT2D eigenvalue weighted by atomic mass is 19.4. The van der Waals surface area contributed by atoms with Crippen molar-refractivity contribution in [3.63, 3.8) is 0 Å². The fourth-order valence-corrected chi connectivity index (χ4v) is 2.84. The van der Waals surface area contributed by atoms with Crippen LogP contribution in [-0.2, 0) is 16.2 Å². The minimum absolute atomic E-state index is 0.321. The number of aliphatic hydroxyl groups excluding tert-OH is 1. The van der Waals surface area contributed by atoms with E-state index in [-0.39, 0.29) is 6.54 Å². The summed E-state index contributed by atoms with van der Waals surface area (Å²) in [5.41, 5.74) is 4.50. The third-order valence-electron chi connectivity index (χ3n) is 4.55. The monoisotopic (exact) mass is 509 g/mol. The predicted molar refractivity (Wildman–Crippen MR) is 119 cm³/mol. The van der Waals surface area contributed by atoms with Crippen LogP contribution >= 0.6 is 0 Å². The van der Waals surface area contributed by atoms with Crippen LogP contribution in [0, 0.1) is 6.92 Å². The second-order valence-corrected chi connectivity index (χ2v) is 7.26. The molecular formula is C23H22F3N3O7. The van der Waals surface area contributed by atoms with Crippen LogP contribution in [0.2, 0.25) is 0 Å². The van der Waals surface area contributed by atoms with E-state index in [9.17, 15) is 27.9 Å². The maximum atomic E-state index is 12.1. The van der Waals surface area contributed by atoms with E-state index in [1.165, 1.54) is 5.48 Å². The number of carboxylic acids is 1. The maximum Gasteiger partial charge on any atom is 0.490 e. The number of hydrogen-bond acceptors (Lipinski definition) is 7. The highest BCUT2D eigenvalue weighted by molar-refractivity contribution is 5.94. The van der Waals surface area contributed by atoms with Crippen molar-refractivity contribution in [1.82, 2.24) is 15.8 Å². The van der Waals surface area contributed by atoms with Gasteiger partial charge in [-0.05, 0) is 43.3 Å². The third-order valence-corrected chi connectivity index (χ3v) is 4.55. The summed E-state index contributed by atoms with van der Waals surface area (Å²) < 4.78 is 37.6. The van der Waals surface area contributed by atoms with Crippen LogP contribution in [0.15, 0.2) is 54.6 Å². The molecule has 2 aromatic carbocycles. The van der Waals surface area contributed by atoms with Crippen molar-refractivity contribution < 1.29 is 47.7 Å². The first-order valence-corrected chi connectivity index (χ1v) is 10.2. The van der Waals surface area contributed by atoms with Gasteiger partial charge < -0.3 is 20.3 Å². The molecule has 0 saturated heterocycles. The lowest BCUT2D eigenvalue weighted by Gasteiger charge is -2.11. The molecule has 0 spiro atoms. The second kappa shape index (κ2) is 12.5. The van der Waals surface area contributed by atoms with Crippen LogP contribution in [0.4, 0.5) is 13.2 Å². The number of aromatic nitrogens is 1. The molecule has 0 aliphatic heterocycles. The Balaban J connectivity index is 0.000000572. The lowest BCUT2D eigenvalue weighted by Crippen LogP contribution is -2.41. The molecule has 36 heavy (non-hydrogen) atoms. The minimum Gasteiger partial charge on any atom is -0.489 e. The average molecular weight is 509 g/mol. The number of para-hydroxylation sites is 1. The van der Waals surface area contributed by atoms with E-state index in [2.05, 4.69) is 10.3 Å². The molecule has 10 nitrogen and oxygen atoms in total. The van der Waals surface area contributed by atoms with E-state index in [1.807, 2.05) is 37.3 Å². The largest absolute Gasteiger partial charge is 0.490 e. The molecule has 3 aromatic rings. The van der Waals surface area contributed by atoms with Crippen LogP contribution in [0.3, 0.4) is 0 Å². The number of nitrogens with one attached hydrogen (secondary N) is 2. The second-order valence-electron chi connectivity index (χ2n) is 7.26. The summed E-state index contributed by atoms with van der Waals surface area (Å²) >= 11 is 0. The summed E-state index contributed by atoms with van der Waals surface area (Å²) in [5.74, 6) is -3.61. The summed E-state index contributed by atoms with van der Waals surface area (Å²) in [7, 11) is 0. The molecule has 13 heteroatoms. The van der Waals surface area contributed by atoms with Gasteiger partial charge in [-0.2, -0.15) is 13.2 Å². The standard InChI is InChI=1S/C21H21N3O5.C2HF3O2/c1-13-10-15(17-4-2-3-5-18(17)23-13)12-29-16-8-6-14(7-9-16)20(26)22-11-19(25)21(27)24-28;3-2(4,5)1(6)7/h2-10,19,25,28H,11-12H2,1H3,(H,22,26)(H,24,27);(H,6,7)/t19-;/m0./s1. The van der Waals surface area contributed by atoms with Gasteiger partial charge in [-0.3, -0.25) is 19.8 Å². The Morgan fingerprint density at radius 1 is 1.08 bits per heavy atom. The van der Waals surface area contributed by atoms with Crippen LogP contribution < -0.4 is 15.5 Å². The molecule has 1 heterocycles. The number of benzene rings is 2. The van der Waals surface area contributed by atoms with Crippen molar-refractivity contribution in [3.05, 3.63) is 71.4 Å². The highest BCUT2D eigenvalue weighted by Gasteiger charge is 2.38. The summed E-state index contributed by atoms with van der Waals surface area (Å²) in [6.45, 7) is 1.97. The van der Waals surface area contributed by atoms with Crippen LogP contribution in [0.25, 0.3) is 10.9 Å². The number of hydroxylamine groups is 1. The lowest BCUT2D eigenvalue weighted by atomic mass is 10.1.